The van der Waals surface area contributed by atoms with Crippen LogP contribution >= 0.6 is 0 Å². The number of amides is 2. The Morgan fingerprint density at radius 3 is 3.03 bits per heavy atom. The Morgan fingerprint density at radius 1 is 1.26 bits per heavy atom. The van der Waals surface area contributed by atoms with Crippen molar-refractivity contribution in [3.63, 3.8) is 0 Å². The number of H-pyrrole nitrogens is 1. The first-order valence-corrected chi connectivity index (χ1v) is 10.7. The number of rotatable bonds is 6. The molecular weight excluding hydrogens is 394 g/mol. The number of hydrogen-bond acceptors (Lipinski definition) is 4. The van der Waals surface area contributed by atoms with Crippen molar-refractivity contribution in [1.82, 2.24) is 15.2 Å². The number of aromatic nitrogens is 1. The fraction of sp³-hybridized carbons (Fsp3) is 0.333. The Morgan fingerprint density at radius 2 is 2.16 bits per heavy atom. The molecule has 7 nitrogen and oxygen atoms in total. The smallest absolute Gasteiger partial charge is 0.230 e. The number of ether oxygens (including phenoxy) is 1. The first-order chi connectivity index (χ1) is 15.1. The molecule has 7 heteroatoms. The van der Waals surface area contributed by atoms with Crippen LogP contribution in [0, 0.1) is 11.8 Å². The molecule has 3 aliphatic rings. The third-order valence-corrected chi connectivity index (χ3v) is 6.82. The minimum absolute atomic E-state index is 0.00448. The topological polar surface area (TPSA) is 87.6 Å². The van der Waals surface area contributed by atoms with E-state index in [2.05, 4.69) is 16.4 Å². The van der Waals surface area contributed by atoms with Crippen LogP contribution in [0.3, 0.4) is 0 Å². The van der Waals surface area contributed by atoms with Crippen LogP contribution in [0.4, 0.5) is 0 Å². The van der Waals surface area contributed by atoms with Gasteiger partial charge >= 0.3 is 0 Å². The lowest BCUT2D eigenvalue weighted by atomic mass is 9.77. The standard InChI is InChI=1S/C24H23N3O4/c28-22(26-13-16-4-3-11-30-16)20-19-7-9-24(31-19)14-27(23(29)21(20)24)10-8-15-12-25-18-6-2-1-5-17(15)18/h1-7,9,11-12,19-21,25H,8,10,13-14H2,(H,26,28). The summed E-state index contributed by atoms with van der Waals surface area (Å²) >= 11 is 0. The Bertz CT molecular complexity index is 1180. The molecule has 1 aromatic carbocycles. The van der Waals surface area contributed by atoms with Gasteiger partial charge in [0.1, 0.15) is 11.4 Å². The van der Waals surface area contributed by atoms with E-state index in [1.807, 2.05) is 47.5 Å². The second-order valence-corrected chi connectivity index (χ2v) is 8.57. The average molecular weight is 417 g/mol. The SMILES string of the molecule is O=C(NCc1ccco1)C1C2C=CC3(CN(CCc4c[nH]c5ccccc45)C(=O)C13)O2. The Kier molecular flexibility index (Phi) is 4.08. The van der Waals surface area contributed by atoms with Gasteiger partial charge in [0.25, 0.3) is 0 Å². The molecule has 5 heterocycles. The van der Waals surface area contributed by atoms with Crippen LogP contribution in [0.5, 0.6) is 0 Å². The van der Waals surface area contributed by atoms with Gasteiger partial charge in [0, 0.05) is 23.6 Å². The van der Waals surface area contributed by atoms with Gasteiger partial charge < -0.3 is 24.4 Å². The molecular formula is C24H23N3O4. The number of hydrogen-bond donors (Lipinski definition) is 2. The number of carbonyl (C=O) groups excluding carboxylic acids is 2. The Hall–Kier alpha value is -3.32. The molecule has 3 aliphatic heterocycles. The summed E-state index contributed by atoms with van der Waals surface area (Å²) in [5.74, 6) is -0.456. The van der Waals surface area contributed by atoms with Crippen molar-refractivity contribution in [1.29, 1.82) is 0 Å². The highest BCUT2D eigenvalue weighted by molar-refractivity contribution is 5.93. The third kappa shape index (κ3) is 2.84. The average Bonchev–Trinajstić information content (AvgIpc) is 3.58. The number of nitrogens with zero attached hydrogens (tertiary/aromatic N) is 1. The van der Waals surface area contributed by atoms with Crippen LogP contribution in [-0.4, -0.2) is 46.5 Å². The number of fused-ring (bicyclic) bond motifs is 2. The van der Waals surface area contributed by atoms with Crippen molar-refractivity contribution in [2.45, 2.75) is 24.7 Å². The normalized spacial score (nSPS) is 28.6. The molecule has 4 unspecified atom stereocenters. The van der Waals surface area contributed by atoms with Gasteiger partial charge in [-0.05, 0) is 30.2 Å². The van der Waals surface area contributed by atoms with Crippen molar-refractivity contribution in [3.05, 3.63) is 72.3 Å². The van der Waals surface area contributed by atoms with Gasteiger partial charge in [-0.2, -0.15) is 0 Å². The second kappa shape index (κ2) is 6.85. The number of para-hydroxylation sites is 1. The van der Waals surface area contributed by atoms with E-state index in [1.54, 1.807) is 12.3 Å². The predicted molar refractivity (Wildman–Crippen MR) is 113 cm³/mol. The molecule has 31 heavy (non-hydrogen) atoms. The molecule has 2 N–H and O–H groups in total. The third-order valence-electron chi connectivity index (χ3n) is 6.82. The molecule has 2 aromatic heterocycles. The zero-order valence-electron chi connectivity index (χ0n) is 16.9. The van der Waals surface area contributed by atoms with Gasteiger partial charge in [0.2, 0.25) is 11.8 Å². The lowest BCUT2D eigenvalue weighted by molar-refractivity contribution is -0.137. The first-order valence-electron chi connectivity index (χ1n) is 10.7. The molecule has 3 aromatic rings. The number of likely N-dealkylation sites (tertiary alicyclic amines) is 1. The molecule has 158 valence electrons. The Balaban J connectivity index is 1.17. The van der Waals surface area contributed by atoms with Crippen LogP contribution in [0.1, 0.15) is 11.3 Å². The molecule has 4 atom stereocenters. The van der Waals surface area contributed by atoms with Crippen LogP contribution in [-0.2, 0) is 27.3 Å². The molecule has 2 amide bonds. The van der Waals surface area contributed by atoms with E-state index >= 15 is 0 Å². The molecule has 2 saturated heterocycles. The summed E-state index contributed by atoms with van der Waals surface area (Å²) in [5.41, 5.74) is 1.60. The van der Waals surface area contributed by atoms with E-state index in [0.717, 1.165) is 11.9 Å². The van der Waals surface area contributed by atoms with E-state index in [9.17, 15) is 9.59 Å². The highest BCUT2D eigenvalue weighted by atomic mass is 16.5. The molecule has 0 radical (unpaired) electrons. The van der Waals surface area contributed by atoms with Crippen molar-refractivity contribution in [2.24, 2.45) is 11.8 Å². The zero-order valence-corrected chi connectivity index (χ0v) is 16.9. The van der Waals surface area contributed by atoms with Crippen LogP contribution in [0.15, 0.2) is 65.4 Å². The van der Waals surface area contributed by atoms with Crippen LogP contribution in [0.2, 0.25) is 0 Å². The molecule has 2 bridgehead atoms. The number of nitrogens with one attached hydrogen (secondary N) is 2. The fourth-order valence-electron chi connectivity index (χ4n) is 5.37. The van der Waals surface area contributed by atoms with Gasteiger partial charge in [-0.15, -0.1) is 0 Å². The minimum atomic E-state index is -0.686. The zero-order chi connectivity index (χ0) is 21.0. The van der Waals surface area contributed by atoms with E-state index in [4.69, 9.17) is 9.15 Å². The van der Waals surface area contributed by atoms with E-state index < -0.39 is 17.4 Å². The number of aromatic amines is 1. The maximum absolute atomic E-state index is 13.3. The van der Waals surface area contributed by atoms with Gasteiger partial charge in [-0.1, -0.05) is 30.4 Å². The van der Waals surface area contributed by atoms with E-state index in [0.29, 0.717) is 25.4 Å². The number of benzene rings is 1. The monoisotopic (exact) mass is 417 g/mol. The summed E-state index contributed by atoms with van der Waals surface area (Å²) < 4.78 is 11.5. The second-order valence-electron chi connectivity index (χ2n) is 8.57. The summed E-state index contributed by atoms with van der Waals surface area (Å²) in [6.45, 7) is 1.40. The number of carbonyl (C=O) groups is 2. The van der Waals surface area contributed by atoms with Crippen molar-refractivity contribution in [2.75, 3.05) is 13.1 Å². The number of furan rings is 1. The van der Waals surface area contributed by atoms with Gasteiger partial charge in [-0.25, -0.2) is 0 Å². The first kappa shape index (κ1) is 18.4. The summed E-state index contributed by atoms with van der Waals surface area (Å²) in [4.78, 5) is 31.5. The van der Waals surface area contributed by atoms with Gasteiger partial charge in [0.05, 0.1) is 37.3 Å². The highest BCUT2D eigenvalue weighted by Gasteiger charge is 2.66. The van der Waals surface area contributed by atoms with Crippen LogP contribution < -0.4 is 5.32 Å². The largest absolute Gasteiger partial charge is 0.467 e. The van der Waals surface area contributed by atoms with Crippen LogP contribution in [0.25, 0.3) is 10.9 Å². The van der Waals surface area contributed by atoms with Gasteiger partial charge in [-0.3, -0.25) is 9.59 Å². The van der Waals surface area contributed by atoms with Gasteiger partial charge in [0.15, 0.2) is 0 Å². The highest BCUT2D eigenvalue weighted by Crippen LogP contribution is 2.51. The quantitative estimate of drug-likeness (QED) is 0.603. The fourth-order valence-corrected chi connectivity index (χ4v) is 5.37. The molecule has 6 rings (SSSR count). The van der Waals surface area contributed by atoms with E-state index in [-0.39, 0.29) is 17.9 Å². The summed E-state index contributed by atoms with van der Waals surface area (Å²) in [5, 5.41) is 4.09. The van der Waals surface area contributed by atoms with Crippen molar-refractivity contribution < 1.29 is 18.7 Å². The van der Waals surface area contributed by atoms with Crippen molar-refractivity contribution in [3.8, 4) is 0 Å². The summed E-state index contributed by atoms with van der Waals surface area (Å²) in [6, 6.07) is 11.8. The minimum Gasteiger partial charge on any atom is -0.467 e. The van der Waals surface area contributed by atoms with E-state index in [1.165, 1.54) is 10.9 Å². The maximum atomic E-state index is 13.3. The molecule has 1 spiro atoms. The van der Waals surface area contributed by atoms with Crippen molar-refractivity contribution >= 4 is 22.7 Å². The lowest BCUT2D eigenvalue weighted by Gasteiger charge is -2.23. The molecule has 0 aliphatic carbocycles. The Labute approximate surface area is 179 Å². The molecule has 0 saturated carbocycles. The maximum Gasteiger partial charge on any atom is 0.230 e. The molecule has 2 fully saturated rings. The predicted octanol–water partition coefficient (Wildman–Crippen LogP) is 2.40. The lowest BCUT2D eigenvalue weighted by Crippen LogP contribution is -2.44. The summed E-state index contributed by atoms with van der Waals surface area (Å²) in [7, 11) is 0. The summed E-state index contributed by atoms with van der Waals surface area (Å²) in [6.07, 6.45) is 7.91.